The normalized spacial score (nSPS) is 9.87. The average Bonchev–Trinajstić information content (AvgIpc) is 2.29. The first-order valence-electron chi connectivity index (χ1n) is 4.68. The fourth-order valence-electron chi connectivity index (χ4n) is 1.28. The van der Waals surface area contributed by atoms with Crippen LogP contribution in [0.3, 0.4) is 0 Å². The summed E-state index contributed by atoms with van der Waals surface area (Å²) < 4.78 is 0. The minimum Gasteiger partial charge on any atom is -0.398 e. The van der Waals surface area contributed by atoms with E-state index in [1.807, 2.05) is 24.3 Å². The van der Waals surface area contributed by atoms with E-state index in [4.69, 9.17) is 5.73 Å². The minimum atomic E-state index is 0.681. The summed E-state index contributed by atoms with van der Waals surface area (Å²) in [5, 5.41) is 3.20. The summed E-state index contributed by atoms with van der Waals surface area (Å²) in [5.41, 5.74) is 8.57. The molecular weight excluding hydrogens is 188 g/mol. The Morgan fingerprint density at radius 3 is 2.60 bits per heavy atom. The molecule has 0 spiro atoms. The van der Waals surface area contributed by atoms with Gasteiger partial charge in [0, 0.05) is 12.2 Å². The summed E-state index contributed by atoms with van der Waals surface area (Å²) >= 11 is 0. The smallest absolute Gasteiger partial charge is 0.115 e. The van der Waals surface area contributed by atoms with Gasteiger partial charge in [0.2, 0.25) is 0 Å². The van der Waals surface area contributed by atoms with E-state index < -0.39 is 0 Å². The Kier molecular flexibility index (Phi) is 2.78. The number of nitrogen functional groups attached to an aromatic ring is 1. The Balaban J connectivity index is 2.03. The van der Waals surface area contributed by atoms with Crippen molar-refractivity contribution in [1.29, 1.82) is 0 Å². The van der Waals surface area contributed by atoms with Gasteiger partial charge in [-0.1, -0.05) is 18.2 Å². The third-order valence-corrected chi connectivity index (χ3v) is 2.10. The maximum atomic E-state index is 5.81. The predicted molar refractivity (Wildman–Crippen MR) is 60.2 cm³/mol. The van der Waals surface area contributed by atoms with Crippen molar-refractivity contribution in [2.24, 2.45) is 0 Å². The molecule has 0 fully saturated rings. The summed E-state index contributed by atoms with van der Waals surface area (Å²) in [6.45, 7) is 0.681. The van der Waals surface area contributed by atoms with Crippen molar-refractivity contribution in [2.75, 3.05) is 11.1 Å². The van der Waals surface area contributed by atoms with Gasteiger partial charge in [-0.2, -0.15) is 0 Å². The highest BCUT2D eigenvalue weighted by molar-refractivity contribution is 5.49. The van der Waals surface area contributed by atoms with Crippen LogP contribution in [0.1, 0.15) is 5.56 Å². The van der Waals surface area contributed by atoms with Crippen molar-refractivity contribution in [3.8, 4) is 0 Å². The fourth-order valence-corrected chi connectivity index (χ4v) is 1.28. The second-order valence-electron chi connectivity index (χ2n) is 3.18. The molecule has 0 aliphatic heterocycles. The second kappa shape index (κ2) is 4.41. The second-order valence-corrected chi connectivity index (χ2v) is 3.18. The summed E-state index contributed by atoms with van der Waals surface area (Å²) in [5.74, 6) is 0. The highest BCUT2D eigenvalue weighted by atomic mass is 14.9. The standard InChI is InChI=1S/C11H12N4/c12-11-4-2-1-3-9(11)5-15-10-6-13-8-14-7-10/h1-4,6-8,15H,5,12H2. The van der Waals surface area contributed by atoms with Crippen molar-refractivity contribution in [3.63, 3.8) is 0 Å². The number of rotatable bonds is 3. The highest BCUT2D eigenvalue weighted by Gasteiger charge is 1.97. The molecule has 0 amide bonds. The Bertz CT molecular complexity index is 428. The highest BCUT2D eigenvalue weighted by Crippen LogP contribution is 2.12. The molecule has 2 aromatic rings. The van der Waals surface area contributed by atoms with Crippen LogP contribution < -0.4 is 11.1 Å². The largest absolute Gasteiger partial charge is 0.398 e. The molecule has 0 saturated heterocycles. The van der Waals surface area contributed by atoms with Crippen LogP contribution in [0.4, 0.5) is 11.4 Å². The maximum Gasteiger partial charge on any atom is 0.115 e. The molecule has 4 nitrogen and oxygen atoms in total. The molecule has 1 aromatic carbocycles. The summed E-state index contributed by atoms with van der Waals surface area (Å²) in [6, 6.07) is 7.77. The van der Waals surface area contributed by atoms with E-state index in [2.05, 4.69) is 15.3 Å². The van der Waals surface area contributed by atoms with Gasteiger partial charge in [0.05, 0.1) is 18.1 Å². The van der Waals surface area contributed by atoms with Gasteiger partial charge < -0.3 is 11.1 Å². The molecule has 0 radical (unpaired) electrons. The van der Waals surface area contributed by atoms with E-state index in [1.165, 1.54) is 6.33 Å². The quantitative estimate of drug-likeness (QED) is 0.740. The molecule has 4 heteroatoms. The molecule has 1 heterocycles. The van der Waals surface area contributed by atoms with Gasteiger partial charge in [-0.15, -0.1) is 0 Å². The molecule has 76 valence electrons. The molecule has 15 heavy (non-hydrogen) atoms. The van der Waals surface area contributed by atoms with E-state index in [1.54, 1.807) is 12.4 Å². The molecule has 0 aliphatic carbocycles. The van der Waals surface area contributed by atoms with Crippen LogP contribution in [0.5, 0.6) is 0 Å². The zero-order chi connectivity index (χ0) is 10.5. The van der Waals surface area contributed by atoms with Crippen molar-refractivity contribution < 1.29 is 0 Å². The predicted octanol–water partition coefficient (Wildman–Crippen LogP) is 1.67. The first kappa shape index (κ1) is 9.45. The lowest BCUT2D eigenvalue weighted by molar-refractivity contribution is 1.10. The van der Waals surface area contributed by atoms with Crippen molar-refractivity contribution in [2.45, 2.75) is 6.54 Å². The Morgan fingerprint density at radius 1 is 1.13 bits per heavy atom. The molecule has 0 saturated carbocycles. The Morgan fingerprint density at radius 2 is 1.87 bits per heavy atom. The maximum absolute atomic E-state index is 5.81. The van der Waals surface area contributed by atoms with E-state index in [9.17, 15) is 0 Å². The number of anilines is 2. The molecule has 2 rings (SSSR count). The summed E-state index contributed by atoms with van der Waals surface area (Å²) in [6.07, 6.45) is 4.96. The molecular formula is C11H12N4. The van der Waals surface area contributed by atoms with Crippen molar-refractivity contribution in [1.82, 2.24) is 9.97 Å². The lowest BCUT2D eigenvalue weighted by Gasteiger charge is -2.07. The van der Waals surface area contributed by atoms with E-state index in [0.29, 0.717) is 6.54 Å². The van der Waals surface area contributed by atoms with E-state index in [0.717, 1.165) is 16.9 Å². The third kappa shape index (κ3) is 2.43. The van der Waals surface area contributed by atoms with Gasteiger partial charge >= 0.3 is 0 Å². The van der Waals surface area contributed by atoms with Crippen LogP contribution in [0.25, 0.3) is 0 Å². The molecule has 0 aliphatic rings. The number of benzene rings is 1. The number of hydrogen-bond donors (Lipinski definition) is 2. The van der Waals surface area contributed by atoms with Crippen molar-refractivity contribution in [3.05, 3.63) is 48.5 Å². The van der Waals surface area contributed by atoms with E-state index >= 15 is 0 Å². The number of hydrogen-bond acceptors (Lipinski definition) is 4. The SMILES string of the molecule is Nc1ccccc1CNc1cncnc1. The van der Waals surface area contributed by atoms with Gasteiger partial charge in [-0.05, 0) is 11.6 Å². The number of nitrogens with two attached hydrogens (primary N) is 1. The van der Waals surface area contributed by atoms with E-state index in [-0.39, 0.29) is 0 Å². The first-order chi connectivity index (χ1) is 7.36. The first-order valence-corrected chi connectivity index (χ1v) is 4.68. The summed E-state index contributed by atoms with van der Waals surface area (Å²) in [4.78, 5) is 7.83. The monoisotopic (exact) mass is 200 g/mol. The van der Waals surface area contributed by atoms with Crippen molar-refractivity contribution >= 4 is 11.4 Å². The molecule has 0 bridgehead atoms. The van der Waals surface area contributed by atoms with Crippen LogP contribution in [-0.4, -0.2) is 9.97 Å². The zero-order valence-corrected chi connectivity index (χ0v) is 8.22. The third-order valence-electron chi connectivity index (χ3n) is 2.10. The Labute approximate surface area is 88.2 Å². The van der Waals surface area contributed by atoms with Crippen LogP contribution >= 0.6 is 0 Å². The molecule has 3 N–H and O–H groups in total. The lowest BCUT2D eigenvalue weighted by Crippen LogP contribution is -2.03. The zero-order valence-electron chi connectivity index (χ0n) is 8.22. The van der Waals surface area contributed by atoms with Gasteiger partial charge in [0.25, 0.3) is 0 Å². The number of para-hydroxylation sites is 1. The molecule has 1 aromatic heterocycles. The number of nitrogens with zero attached hydrogens (tertiary/aromatic N) is 2. The number of aromatic nitrogens is 2. The van der Waals surface area contributed by atoms with Crippen LogP contribution in [0, 0.1) is 0 Å². The van der Waals surface area contributed by atoms with Crippen LogP contribution in [0.2, 0.25) is 0 Å². The number of nitrogens with one attached hydrogen (secondary N) is 1. The Hall–Kier alpha value is -2.10. The lowest BCUT2D eigenvalue weighted by atomic mass is 10.2. The van der Waals surface area contributed by atoms with Gasteiger partial charge in [0.15, 0.2) is 0 Å². The molecule has 0 unspecified atom stereocenters. The fraction of sp³-hybridized carbons (Fsp3) is 0.0909. The topological polar surface area (TPSA) is 63.8 Å². The molecule has 0 atom stereocenters. The van der Waals surface area contributed by atoms with Gasteiger partial charge in [-0.25, -0.2) is 9.97 Å². The summed E-state index contributed by atoms with van der Waals surface area (Å²) in [7, 11) is 0. The van der Waals surface area contributed by atoms with Crippen LogP contribution in [0.15, 0.2) is 43.0 Å². The van der Waals surface area contributed by atoms with Gasteiger partial charge in [-0.3, -0.25) is 0 Å². The van der Waals surface area contributed by atoms with Crippen LogP contribution in [-0.2, 0) is 6.54 Å². The average molecular weight is 200 g/mol. The minimum absolute atomic E-state index is 0.681. The van der Waals surface area contributed by atoms with Gasteiger partial charge in [0.1, 0.15) is 6.33 Å².